The fraction of sp³-hybridized carbons (Fsp3) is 0.125. The first-order chi connectivity index (χ1) is 18.9. The molecule has 0 saturated heterocycles. The van der Waals surface area contributed by atoms with Crippen LogP contribution in [-0.4, -0.2) is 13.0 Å². The van der Waals surface area contributed by atoms with Gasteiger partial charge in [-0.1, -0.05) is 71.8 Å². The number of hydrogen-bond donors (Lipinski definition) is 1. The van der Waals surface area contributed by atoms with E-state index >= 15 is 0 Å². The Morgan fingerprint density at radius 2 is 1.59 bits per heavy atom. The normalized spacial score (nSPS) is 10.9. The number of nitrogens with zero attached hydrogens (tertiary/aromatic N) is 1. The van der Waals surface area contributed by atoms with Gasteiger partial charge in [-0.3, -0.25) is 4.79 Å². The van der Waals surface area contributed by atoms with Gasteiger partial charge in [0, 0.05) is 5.69 Å². The highest BCUT2D eigenvalue weighted by Gasteiger charge is 2.15. The molecule has 0 heterocycles. The quantitative estimate of drug-likeness (QED) is 0.168. The zero-order chi connectivity index (χ0) is 27.6. The highest BCUT2D eigenvalue weighted by atomic mass is 35.5. The summed E-state index contributed by atoms with van der Waals surface area (Å²) < 4.78 is 17.2. The highest BCUT2D eigenvalue weighted by Crippen LogP contribution is 2.37. The maximum Gasteiger partial charge on any atom is 0.266 e. The minimum atomic E-state index is -0.551. The molecule has 0 aliphatic heterocycles. The molecule has 6 nitrogen and oxygen atoms in total. The van der Waals surface area contributed by atoms with E-state index in [0.29, 0.717) is 46.7 Å². The minimum absolute atomic E-state index is 0.0919. The molecule has 0 atom stereocenters. The monoisotopic (exact) mass is 538 g/mol. The average Bonchev–Trinajstić information content (AvgIpc) is 2.96. The lowest BCUT2D eigenvalue weighted by Crippen LogP contribution is -2.13. The largest absolute Gasteiger partial charge is 0.493 e. The van der Waals surface area contributed by atoms with Crippen LogP contribution in [-0.2, 0) is 18.0 Å². The number of carbonyl (C=O) groups excluding carboxylic acids is 1. The molecule has 0 unspecified atom stereocenters. The number of halogens is 1. The Labute approximate surface area is 233 Å². The minimum Gasteiger partial charge on any atom is -0.493 e. The van der Waals surface area contributed by atoms with Crippen LogP contribution < -0.4 is 19.5 Å². The van der Waals surface area contributed by atoms with Crippen LogP contribution in [0.1, 0.15) is 22.3 Å². The van der Waals surface area contributed by atoms with Gasteiger partial charge < -0.3 is 19.5 Å². The van der Waals surface area contributed by atoms with E-state index in [0.717, 1.165) is 11.1 Å². The number of nitriles is 1. The van der Waals surface area contributed by atoms with Crippen LogP contribution in [0.15, 0.2) is 96.6 Å². The van der Waals surface area contributed by atoms with Gasteiger partial charge in [-0.25, -0.2) is 0 Å². The highest BCUT2D eigenvalue weighted by molar-refractivity contribution is 6.32. The van der Waals surface area contributed by atoms with Crippen LogP contribution >= 0.6 is 11.6 Å². The predicted molar refractivity (Wildman–Crippen MR) is 153 cm³/mol. The lowest BCUT2D eigenvalue weighted by atomic mass is 10.1. The van der Waals surface area contributed by atoms with Gasteiger partial charge in [0.2, 0.25) is 0 Å². The van der Waals surface area contributed by atoms with Crippen molar-refractivity contribution in [1.29, 1.82) is 5.26 Å². The second-order valence-electron chi connectivity index (χ2n) is 8.73. The molecule has 0 spiro atoms. The number of nitrogens with one attached hydrogen (secondary N) is 1. The van der Waals surface area contributed by atoms with E-state index < -0.39 is 5.91 Å². The molecule has 7 heteroatoms. The van der Waals surface area contributed by atoms with Crippen molar-refractivity contribution in [2.45, 2.75) is 20.1 Å². The van der Waals surface area contributed by atoms with E-state index in [9.17, 15) is 10.1 Å². The lowest BCUT2D eigenvalue weighted by Gasteiger charge is -2.13. The molecular formula is C32H27ClN2O4. The van der Waals surface area contributed by atoms with Gasteiger partial charge in [0.25, 0.3) is 5.91 Å². The van der Waals surface area contributed by atoms with E-state index in [1.807, 2.05) is 67.6 Å². The van der Waals surface area contributed by atoms with Crippen molar-refractivity contribution < 1.29 is 19.0 Å². The Hall–Kier alpha value is -4.73. The van der Waals surface area contributed by atoms with Gasteiger partial charge in [0.05, 0.1) is 12.1 Å². The van der Waals surface area contributed by atoms with Crippen LogP contribution in [0.3, 0.4) is 0 Å². The molecule has 4 rings (SSSR count). The van der Waals surface area contributed by atoms with E-state index in [-0.39, 0.29) is 5.57 Å². The van der Waals surface area contributed by atoms with Gasteiger partial charge >= 0.3 is 0 Å². The molecule has 0 radical (unpaired) electrons. The third-order valence-electron chi connectivity index (χ3n) is 5.79. The summed E-state index contributed by atoms with van der Waals surface area (Å²) in [5.74, 6) is 0.891. The number of benzene rings is 4. The summed E-state index contributed by atoms with van der Waals surface area (Å²) in [6, 6.07) is 30.0. The molecule has 0 fully saturated rings. The summed E-state index contributed by atoms with van der Waals surface area (Å²) in [5, 5.41) is 12.7. The van der Waals surface area contributed by atoms with Crippen molar-refractivity contribution in [1.82, 2.24) is 0 Å². The molecule has 196 valence electrons. The van der Waals surface area contributed by atoms with Gasteiger partial charge in [0.15, 0.2) is 11.5 Å². The smallest absolute Gasteiger partial charge is 0.266 e. The lowest BCUT2D eigenvalue weighted by molar-refractivity contribution is -0.112. The Balaban J connectivity index is 1.41. The fourth-order valence-electron chi connectivity index (χ4n) is 3.69. The van der Waals surface area contributed by atoms with Crippen LogP contribution in [0.5, 0.6) is 17.2 Å². The number of ether oxygens (including phenoxy) is 3. The SMILES string of the molecule is COc1cc(/C=C(\C#N)C(=O)Nc2ccc(OCc3ccc(C)cc3)cc2)cc(Cl)c1OCc1ccccc1. The number of rotatable bonds is 10. The molecular weight excluding hydrogens is 512 g/mol. The maximum atomic E-state index is 12.8. The number of amides is 1. The third-order valence-corrected chi connectivity index (χ3v) is 6.07. The Morgan fingerprint density at radius 3 is 2.26 bits per heavy atom. The standard InChI is InChI=1S/C32H27ClN2O4/c1-22-8-10-24(11-9-22)20-38-28-14-12-27(13-15-28)35-32(36)26(19-34)16-25-17-29(33)31(30(18-25)37-2)39-21-23-6-4-3-5-7-23/h3-18H,20-21H2,1-2H3,(H,35,36)/b26-16+. The molecule has 0 aliphatic carbocycles. The molecule has 4 aromatic rings. The van der Waals surface area contributed by atoms with Crippen molar-refractivity contribution in [2.24, 2.45) is 0 Å². The molecule has 1 N–H and O–H groups in total. The van der Waals surface area contributed by atoms with Crippen molar-refractivity contribution >= 4 is 29.3 Å². The van der Waals surface area contributed by atoms with E-state index in [1.165, 1.54) is 18.7 Å². The number of hydrogen-bond acceptors (Lipinski definition) is 5. The van der Waals surface area contributed by atoms with E-state index in [2.05, 4.69) is 5.32 Å². The Morgan fingerprint density at radius 1 is 0.923 bits per heavy atom. The summed E-state index contributed by atoms with van der Waals surface area (Å²) in [6.45, 7) is 2.79. The number of methoxy groups -OCH3 is 1. The molecule has 0 aliphatic rings. The zero-order valence-electron chi connectivity index (χ0n) is 21.6. The van der Waals surface area contributed by atoms with Gasteiger partial charge in [-0.2, -0.15) is 5.26 Å². The molecule has 0 saturated carbocycles. The molecule has 0 aromatic heterocycles. The first-order valence-corrected chi connectivity index (χ1v) is 12.6. The summed E-state index contributed by atoms with van der Waals surface area (Å²) in [5.41, 5.74) is 4.20. The van der Waals surface area contributed by atoms with Gasteiger partial charge in [0.1, 0.15) is 30.6 Å². The maximum absolute atomic E-state index is 12.8. The topological polar surface area (TPSA) is 80.6 Å². The molecule has 1 amide bonds. The van der Waals surface area contributed by atoms with Gasteiger partial charge in [-0.05, 0) is 66.1 Å². The van der Waals surface area contributed by atoms with Gasteiger partial charge in [-0.15, -0.1) is 0 Å². The van der Waals surface area contributed by atoms with Crippen molar-refractivity contribution in [3.63, 3.8) is 0 Å². The Kier molecular flexibility index (Phi) is 9.23. The summed E-state index contributed by atoms with van der Waals surface area (Å²) in [4.78, 5) is 12.8. The third kappa shape index (κ3) is 7.64. The first-order valence-electron chi connectivity index (χ1n) is 12.2. The second-order valence-corrected chi connectivity index (χ2v) is 9.14. The van der Waals surface area contributed by atoms with Crippen molar-refractivity contribution in [2.75, 3.05) is 12.4 Å². The molecule has 0 bridgehead atoms. The average molecular weight is 539 g/mol. The van der Waals surface area contributed by atoms with E-state index in [4.69, 9.17) is 25.8 Å². The van der Waals surface area contributed by atoms with Crippen molar-refractivity contribution in [3.8, 4) is 23.3 Å². The number of anilines is 1. The van der Waals surface area contributed by atoms with E-state index in [1.54, 1.807) is 36.4 Å². The van der Waals surface area contributed by atoms with Crippen LogP contribution in [0.2, 0.25) is 5.02 Å². The number of aryl methyl sites for hydroxylation is 1. The first kappa shape index (κ1) is 27.3. The zero-order valence-corrected chi connectivity index (χ0v) is 22.4. The van der Waals surface area contributed by atoms with Crippen molar-refractivity contribution in [3.05, 3.63) is 124 Å². The summed E-state index contributed by atoms with van der Waals surface area (Å²) >= 11 is 6.47. The van der Waals surface area contributed by atoms with Crippen LogP contribution in [0, 0.1) is 18.3 Å². The van der Waals surface area contributed by atoms with Crippen LogP contribution in [0.4, 0.5) is 5.69 Å². The fourth-order valence-corrected chi connectivity index (χ4v) is 3.97. The van der Waals surface area contributed by atoms with Crippen LogP contribution in [0.25, 0.3) is 6.08 Å². The number of carbonyl (C=O) groups is 1. The summed E-state index contributed by atoms with van der Waals surface area (Å²) in [7, 11) is 1.50. The Bertz CT molecular complexity index is 1490. The molecule has 39 heavy (non-hydrogen) atoms. The summed E-state index contributed by atoms with van der Waals surface area (Å²) in [6.07, 6.45) is 1.45. The predicted octanol–water partition coefficient (Wildman–Crippen LogP) is 7.36. The second kappa shape index (κ2) is 13.2. The molecule has 4 aromatic carbocycles.